The van der Waals surface area contributed by atoms with Crippen LogP contribution in [0.25, 0.3) is 16.5 Å². The molecule has 7 nitrogen and oxygen atoms in total. The molecule has 178 valence electrons. The number of hydrogen-bond donors (Lipinski definition) is 2. The maximum atomic E-state index is 12.9. The number of aromatic nitrogens is 4. The lowest BCUT2D eigenvalue weighted by atomic mass is 9.98. The number of aryl methyl sites for hydroxylation is 1. The SMILES string of the molecule is C=C(c1ccc(Cn2ccccc2=O)cc1)c1cncc(C(=O)NCc2[nH]nc3ccc(C)cc23)c1. The van der Waals surface area contributed by atoms with Crippen molar-refractivity contribution in [2.45, 2.75) is 20.0 Å². The zero-order valence-electron chi connectivity index (χ0n) is 19.9. The number of carbonyl (C=O) groups is 1. The van der Waals surface area contributed by atoms with Gasteiger partial charge in [0.15, 0.2) is 0 Å². The van der Waals surface area contributed by atoms with Crippen LogP contribution < -0.4 is 10.9 Å². The molecule has 0 aliphatic rings. The van der Waals surface area contributed by atoms with Crippen molar-refractivity contribution in [2.24, 2.45) is 0 Å². The summed E-state index contributed by atoms with van der Waals surface area (Å²) in [5.74, 6) is -0.226. The van der Waals surface area contributed by atoms with E-state index in [1.54, 1.807) is 41.4 Å². The molecular weight excluding hydrogens is 450 g/mol. The van der Waals surface area contributed by atoms with Gasteiger partial charge in [-0.25, -0.2) is 0 Å². The molecule has 0 aliphatic carbocycles. The van der Waals surface area contributed by atoms with Crippen LogP contribution in [0.1, 0.15) is 38.3 Å². The second kappa shape index (κ2) is 9.84. The summed E-state index contributed by atoms with van der Waals surface area (Å²) in [4.78, 5) is 29.1. The number of aromatic amines is 1. The fourth-order valence-electron chi connectivity index (χ4n) is 4.08. The average molecular weight is 476 g/mol. The van der Waals surface area contributed by atoms with Gasteiger partial charge in [0.1, 0.15) is 0 Å². The highest BCUT2D eigenvalue weighted by Gasteiger charge is 2.12. The second-order valence-electron chi connectivity index (χ2n) is 8.71. The van der Waals surface area contributed by atoms with Crippen LogP contribution in [0.4, 0.5) is 0 Å². The molecule has 1 amide bonds. The van der Waals surface area contributed by atoms with Crippen LogP contribution in [0.5, 0.6) is 0 Å². The van der Waals surface area contributed by atoms with E-state index in [1.807, 2.05) is 49.4 Å². The quantitative estimate of drug-likeness (QED) is 0.363. The molecule has 5 rings (SSSR count). The maximum Gasteiger partial charge on any atom is 0.253 e. The van der Waals surface area contributed by atoms with Crippen LogP contribution in [0.3, 0.4) is 0 Å². The molecule has 0 saturated carbocycles. The molecule has 3 aromatic heterocycles. The van der Waals surface area contributed by atoms with Gasteiger partial charge >= 0.3 is 0 Å². The van der Waals surface area contributed by atoms with Gasteiger partial charge in [0.2, 0.25) is 0 Å². The molecule has 3 heterocycles. The molecule has 0 spiro atoms. The molecule has 2 N–H and O–H groups in total. The van der Waals surface area contributed by atoms with Crippen LogP contribution in [0.15, 0.2) is 96.7 Å². The van der Waals surface area contributed by atoms with Crippen molar-refractivity contribution in [2.75, 3.05) is 0 Å². The summed E-state index contributed by atoms with van der Waals surface area (Å²) in [7, 11) is 0. The highest BCUT2D eigenvalue weighted by molar-refractivity contribution is 5.95. The molecule has 0 aliphatic heterocycles. The number of nitrogens with zero attached hydrogens (tertiary/aromatic N) is 3. The van der Waals surface area contributed by atoms with Gasteiger partial charge < -0.3 is 9.88 Å². The van der Waals surface area contributed by atoms with Crippen molar-refractivity contribution in [1.29, 1.82) is 0 Å². The topological polar surface area (TPSA) is 92.7 Å². The standard InChI is InChI=1S/C29H25N5O2/c1-19-6-11-26-25(13-19)27(33-32-26)17-31-29(36)24-14-23(15-30-16-24)20(2)22-9-7-21(8-10-22)18-34-12-4-3-5-28(34)35/h3-16H,2,17-18H2,1H3,(H,31,36)(H,32,33). The fourth-order valence-corrected chi connectivity index (χ4v) is 4.08. The molecule has 0 unspecified atom stereocenters. The van der Waals surface area contributed by atoms with Crippen molar-refractivity contribution >= 4 is 22.4 Å². The number of hydrogen-bond acceptors (Lipinski definition) is 4. The number of fused-ring (bicyclic) bond motifs is 1. The van der Waals surface area contributed by atoms with Gasteiger partial charge in [0.05, 0.1) is 29.9 Å². The number of benzene rings is 2. The van der Waals surface area contributed by atoms with Crippen LogP contribution in [0.2, 0.25) is 0 Å². The third-order valence-electron chi connectivity index (χ3n) is 6.12. The zero-order valence-corrected chi connectivity index (χ0v) is 19.9. The summed E-state index contributed by atoms with van der Waals surface area (Å²) in [6.07, 6.45) is 5.01. The largest absolute Gasteiger partial charge is 0.346 e. The van der Waals surface area contributed by atoms with E-state index in [4.69, 9.17) is 0 Å². The van der Waals surface area contributed by atoms with Crippen molar-refractivity contribution in [3.8, 4) is 0 Å². The van der Waals surface area contributed by atoms with Crippen molar-refractivity contribution in [3.05, 3.63) is 136 Å². The average Bonchev–Trinajstić information content (AvgIpc) is 3.30. The summed E-state index contributed by atoms with van der Waals surface area (Å²) in [6, 6.07) is 20.8. The van der Waals surface area contributed by atoms with E-state index < -0.39 is 0 Å². The van der Waals surface area contributed by atoms with Crippen molar-refractivity contribution in [1.82, 2.24) is 25.1 Å². The number of H-pyrrole nitrogens is 1. The van der Waals surface area contributed by atoms with E-state index in [1.165, 1.54) is 0 Å². The van der Waals surface area contributed by atoms with E-state index in [0.717, 1.165) is 44.4 Å². The number of nitrogens with one attached hydrogen (secondary N) is 2. The number of carbonyl (C=O) groups excluding carboxylic acids is 1. The first-order chi connectivity index (χ1) is 17.5. The summed E-state index contributed by atoms with van der Waals surface area (Å²) in [6.45, 7) is 7.06. The van der Waals surface area contributed by atoms with E-state index in [-0.39, 0.29) is 11.5 Å². The Kier molecular flexibility index (Phi) is 6.28. The predicted molar refractivity (Wildman–Crippen MR) is 141 cm³/mol. The lowest BCUT2D eigenvalue weighted by Gasteiger charge is -2.10. The van der Waals surface area contributed by atoms with Gasteiger partial charge in [-0.2, -0.15) is 5.10 Å². The minimum Gasteiger partial charge on any atom is -0.346 e. The van der Waals surface area contributed by atoms with Gasteiger partial charge in [-0.3, -0.25) is 19.7 Å². The third-order valence-corrected chi connectivity index (χ3v) is 6.12. The van der Waals surface area contributed by atoms with Gasteiger partial charge in [-0.1, -0.05) is 48.5 Å². The molecule has 0 fully saturated rings. The Balaban J connectivity index is 1.27. The van der Waals surface area contributed by atoms with Crippen LogP contribution in [-0.2, 0) is 13.1 Å². The van der Waals surface area contributed by atoms with Gasteiger partial charge in [-0.15, -0.1) is 0 Å². The monoisotopic (exact) mass is 475 g/mol. The molecule has 0 saturated heterocycles. The van der Waals surface area contributed by atoms with Gasteiger partial charge in [-0.05, 0) is 47.9 Å². The molecule has 0 atom stereocenters. The van der Waals surface area contributed by atoms with E-state index >= 15 is 0 Å². The molecule has 36 heavy (non-hydrogen) atoms. The molecule has 2 aromatic carbocycles. The summed E-state index contributed by atoms with van der Waals surface area (Å²) in [5.41, 5.74) is 6.71. The van der Waals surface area contributed by atoms with Crippen molar-refractivity contribution < 1.29 is 4.79 Å². The Hall–Kier alpha value is -4.78. The Morgan fingerprint density at radius 2 is 1.81 bits per heavy atom. The van der Waals surface area contributed by atoms with E-state index in [2.05, 4.69) is 33.1 Å². The van der Waals surface area contributed by atoms with Crippen LogP contribution >= 0.6 is 0 Å². The number of amides is 1. The lowest BCUT2D eigenvalue weighted by Crippen LogP contribution is -2.23. The Morgan fingerprint density at radius 3 is 2.61 bits per heavy atom. The maximum absolute atomic E-state index is 12.9. The Morgan fingerprint density at radius 1 is 1.00 bits per heavy atom. The number of pyridine rings is 2. The highest BCUT2D eigenvalue weighted by Crippen LogP contribution is 2.23. The minimum atomic E-state index is -0.226. The summed E-state index contributed by atoms with van der Waals surface area (Å²) >= 11 is 0. The van der Waals surface area contributed by atoms with Gasteiger partial charge in [0, 0.05) is 35.6 Å². The fraction of sp³-hybridized carbons (Fsp3) is 0.103. The summed E-state index contributed by atoms with van der Waals surface area (Å²) < 4.78 is 1.66. The first-order valence-electron chi connectivity index (χ1n) is 11.6. The van der Waals surface area contributed by atoms with E-state index in [0.29, 0.717) is 18.7 Å². The highest BCUT2D eigenvalue weighted by atomic mass is 16.1. The molecule has 0 radical (unpaired) electrons. The number of rotatable bonds is 7. The van der Waals surface area contributed by atoms with Crippen LogP contribution in [0, 0.1) is 6.92 Å². The molecular formula is C29H25N5O2. The van der Waals surface area contributed by atoms with Crippen molar-refractivity contribution in [3.63, 3.8) is 0 Å². The van der Waals surface area contributed by atoms with E-state index in [9.17, 15) is 9.59 Å². The Labute approximate surface area is 208 Å². The second-order valence-corrected chi connectivity index (χ2v) is 8.71. The molecule has 5 aromatic rings. The minimum absolute atomic E-state index is 0.0389. The predicted octanol–water partition coefficient (Wildman–Crippen LogP) is 4.47. The summed E-state index contributed by atoms with van der Waals surface area (Å²) in [5, 5.41) is 11.2. The third kappa shape index (κ3) is 4.86. The van der Waals surface area contributed by atoms with Gasteiger partial charge in [0.25, 0.3) is 11.5 Å². The lowest BCUT2D eigenvalue weighted by molar-refractivity contribution is 0.0950. The zero-order chi connectivity index (χ0) is 25.1. The molecule has 0 bridgehead atoms. The normalized spacial score (nSPS) is 10.9. The first-order valence-corrected chi connectivity index (χ1v) is 11.6. The smallest absolute Gasteiger partial charge is 0.253 e. The molecule has 7 heteroatoms. The van der Waals surface area contributed by atoms with Crippen LogP contribution in [-0.4, -0.2) is 25.7 Å². The Bertz CT molecular complexity index is 1630. The first kappa shape index (κ1) is 23.0.